The van der Waals surface area contributed by atoms with Crippen LogP contribution in [0.4, 0.5) is 10.5 Å². The molecule has 0 fully saturated rings. The zero-order valence-electron chi connectivity index (χ0n) is 28.1. The van der Waals surface area contributed by atoms with Gasteiger partial charge in [-0.25, -0.2) is 4.79 Å². The highest BCUT2D eigenvalue weighted by atomic mass is 16.6. The summed E-state index contributed by atoms with van der Waals surface area (Å²) in [7, 11) is 0. The summed E-state index contributed by atoms with van der Waals surface area (Å²) in [6.45, 7) is 13.8. The second-order valence-electron chi connectivity index (χ2n) is 12.8. The number of carbonyl (C=O) groups excluding carboxylic acids is 3. The minimum atomic E-state index is -0.947. The maximum atomic E-state index is 14.8. The molecule has 2 unspecified atom stereocenters. The lowest BCUT2D eigenvalue weighted by Crippen LogP contribution is -2.53. The van der Waals surface area contributed by atoms with Crippen LogP contribution in [0.15, 0.2) is 72.8 Å². The number of nitrogens with zero attached hydrogens (tertiary/aromatic N) is 1. The van der Waals surface area contributed by atoms with E-state index in [0.717, 1.165) is 65.6 Å². The number of aryl methyl sites for hydroxylation is 3. The smallest absolute Gasteiger partial charge is 0.408 e. The molecule has 3 rings (SSSR count). The number of hydrogen-bond donors (Lipinski definition) is 2. The normalized spacial score (nSPS) is 12.6. The highest BCUT2D eigenvalue weighted by Gasteiger charge is 2.37. The lowest BCUT2D eigenvalue weighted by molar-refractivity contribution is -0.140. The number of nitrogens with one attached hydrogen (secondary N) is 2. The molecule has 3 amide bonds. The summed E-state index contributed by atoms with van der Waals surface area (Å²) < 4.78 is 5.58. The van der Waals surface area contributed by atoms with E-state index in [4.69, 9.17) is 4.74 Å². The van der Waals surface area contributed by atoms with Crippen molar-refractivity contribution in [3.63, 3.8) is 0 Å². The number of ether oxygens (including phenoxy) is 1. The number of para-hydroxylation sites is 1. The van der Waals surface area contributed by atoms with Crippen LogP contribution < -0.4 is 10.6 Å². The summed E-state index contributed by atoms with van der Waals surface area (Å²) in [6, 6.07) is 21.3. The fraction of sp³-hybridized carbons (Fsp3) is 0.447. The molecular formula is C38H51N3O4. The quantitative estimate of drug-likeness (QED) is 0.179. The molecule has 0 radical (unpaired) electrons. The van der Waals surface area contributed by atoms with Crippen LogP contribution in [0.2, 0.25) is 0 Å². The van der Waals surface area contributed by atoms with E-state index in [1.807, 2.05) is 93.6 Å². The van der Waals surface area contributed by atoms with Crippen LogP contribution in [0.3, 0.4) is 0 Å². The van der Waals surface area contributed by atoms with Gasteiger partial charge in [-0.15, -0.1) is 0 Å². The van der Waals surface area contributed by atoms with Gasteiger partial charge in [0.1, 0.15) is 17.7 Å². The van der Waals surface area contributed by atoms with Gasteiger partial charge in [0.05, 0.1) is 0 Å². The first-order valence-electron chi connectivity index (χ1n) is 16.2. The van der Waals surface area contributed by atoms with Gasteiger partial charge in [0.25, 0.3) is 5.91 Å². The number of amides is 3. The molecule has 0 heterocycles. The maximum absolute atomic E-state index is 14.8. The fourth-order valence-corrected chi connectivity index (χ4v) is 5.50. The van der Waals surface area contributed by atoms with Crippen molar-refractivity contribution in [3.8, 4) is 0 Å². The number of anilines is 1. The summed E-state index contributed by atoms with van der Waals surface area (Å²) >= 11 is 0. The van der Waals surface area contributed by atoms with Gasteiger partial charge in [-0.3, -0.25) is 9.59 Å². The predicted octanol–water partition coefficient (Wildman–Crippen LogP) is 8.23. The minimum absolute atomic E-state index is 0.254. The number of alkyl carbamates (subject to hydrolysis) is 1. The molecule has 45 heavy (non-hydrogen) atoms. The SMILES string of the molecule is CCCCCCCN(C(=O)C(Cc1ccccc1)NC(=O)OC(C)(C)C)C(C(=O)Nc1c(C)cccc1C)c1ccccc1C. The Labute approximate surface area is 269 Å². The van der Waals surface area contributed by atoms with Crippen LogP contribution in [0.1, 0.15) is 93.7 Å². The Bertz CT molecular complexity index is 1390. The first kappa shape index (κ1) is 35.4. The summed E-state index contributed by atoms with van der Waals surface area (Å²) in [5.74, 6) is -0.621. The first-order chi connectivity index (χ1) is 21.4. The summed E-state index contributed by atoms with van der Waals surface area (Å²) in [5.41, 5.74) is 4.43. The monoisotopic (exact) mass is 613 g/mol. The van der Waals surface area contributed by atoms with E-state index >= 15 is 0 Å². The Morgan fingerprint density at radius 2 is 1.38 bits per heavy atom. The molecule has 0 aliphatic carbocycles. The maximum Gasteiger partial charge on any atom is 0.408 e. The zero-order chi connectivity index (χ0) is 33.0. The van der Waals surface area contributed by atoms with Crippen molar-refractivity contribution in [2.45, 2.75) is 105 Å². The molecular weight excluding hydrogens is 562 g/mol. The van der Waals surface area contributed by atoms with Crippen molar-refractivity contribution in [1.29, 1.82) is 0 Å². The average molecular weight is 614 g/mol. The van der Waals surface area contributed by atoms with E-state index in [-0.39, 0.29) is 18.2 Å². The standard InChI is InChI=1S/C38H51N3O4/c1-8-9-10-11-17-25-41(36(43)32(26-30-22-13-12-14-23-30)39-37(44)45-38(5,6)7)34(31-24-16-15-19-27(31)2)35(42)40-33-28(3)20-18-21-29(33)4/h12-16,18-24,32,34H,8-11,17,25-26H2,1-7H3,(H,39,44)(H,40,42). The molecule has 0 bridgehead atoms. The molecule has 0 saturated heterocycles. The predicted molar refractivity (Wildman–Crippen MR) is 182 cm³/mol. The van der Waals surface area contributed by atoms with E-state index in [1.54, 1.807) is 25.7 Å². The number of rotatable bonds is 14. The first-order valence-corrected chi connectivity index (χ1v) is 16.2. The van der Waals surface area contributed by atoms with Crippen molar-refractivity contribution in [1.82, 2.24) is 10.2 Å². The Hall–Kier alpha value is -4.13. The summed E-state index contributed by atoms with van der Waals surface area (Å²) in [6.07, 6.45) is 4.50. The van der Waals surface area contributed by atoms with Gasteiger partial charge in [-0.2, -0.15) is 0 Å². The molecule has 0 saturated carbocycles. The van der Waals surface area contributed by atoms with Gasteiger partial charge < -0.3 is 20.3 Å². The van der Waals surface area contributed by atoms with Gasteiger partial charge >= 0.3 is 6.09 Å². The third kappa shape index (κ3) is 10.8. The van der Waals surface area contributed by atoms with Crippen LogP contribution in [0.5, 0.6) is 0 Å². The molecule has 0 spiro atoms. The number of unbranched alkanes of at least 4 members (excludes halogenated alkanes) is 4. The molecule has 242 valence electrons. The van der Waals surface area contributed by atoms with Crippen LogP contribution in [-0.2, 0) is 20.7 Å². The van der Waals surface area contributed by atoms with Crippen molar-refractivity contribution < 1.29 is 19.1 Å². The van der Waals surface area contributed by atoms with Crippen molar-refractivity contribution in [2.75, 3.05) is 11.9 Å². The van der Waals surface area contributed by atoms with Crippen LogP contribution in [-0.4, -0.2) is 41.0 Å². The number of hydrogen-bond acceptors (Lipinski definition) is 4. The largest absolute Gasteiger partial charge is 0.444 e. The fourth-order valence-electron chi connectivity index (χ4n) is 5.50. The third-order valence-electron chi connectivity index (χ3n) is 7.83. The molecule has 2 N–H and O–H groups in total. The van der Waals surface area contributed by atoms with Crippen LogP contribution in [0.25, 0.3) is 0 Å². The van der Waals surface area contributed by atoms with Gasteiger partial charge in [-0.05, 0) is 75.8 Å². The Morgan fingerprint density at radius 3 is 2.00 bits per heavy atom. The average Bonchev–Trinajstić information content (AvgIpc) is 2.98. The van der Waals surface area contributed by atoms with Crippen molar-refractivity contribution >= 4 is 23.6 Å². The molecule has 0 aliphatic heterocycles. The Kier molecular flexibility index (Phi) is 13.2. The lowest BCUT2D eigenvalue weighted by atomic mass is 9.96. The molecule has 3 aromatic rings. The van der Waals surface area contributed by atoms with E-state index in [9.17, 15) is 14.4 Å². The van der Waals surface area contributed by atoms with E-state index in [2.05, 4.69) is 17.6 Å². The van der Waals surface area contributed by atoms with Crippen LogP contribution in [0, 0.1) is 20.8 Å². The van der Waals surface area contributed by atoms with Crippen molar-refractivity contribution in [3.05, 3.63) is 101 Å². The highest BCUT2D eigenvalue weighted by molar-refractivity contribution is 6.00. The third-order valence-corrected chi connectivity index (χ3v) is 7.83. The van der Waals surface area contributed by atoms with Gasteiger partial charge in [0.15, 0.2) is 0 Å². The van der Waals surface area contributed by atoms with E-state index in [0.29, 0.717) is 6.54 Å². The zero-order valence-corrected chi connectivity index (χ0v) is 28.1. The molecule has 2 atom stereocenters. The van der Waals surface area contributed by atoms with E-state index < -0.39 is 23.8 Å². The number of carbonyl (C=O) groups is 3. The second kappa shape index (κ2) is 16.8. The van der Waals surface area contributed by atoms with Crippen LogP contribution >= 0.6 is 0 Å². The molecule has 7 heteroatoms. The highest BCUT2D eigenvalue weighted by Crippen LogP contribution is 2.29. The van der Waals surface area contributed by atoms with Crippen molar-refractivity contribution in [2.24, 2.45) is 0 Å². The van der Waals surface area contributed by atoms with E-state index in [1.165, 1.54) is 0 Å². The Morgan fingerprint density at radius 1 is 0.778 bits per heavy atom. The minimum Gasteiger partial charge on any atom is -0.444 e. The molecule has 0 aromatic heterocycles. The molecule has 3 aromatic carbocycles. The lowest BCUT2D eigenvalue weighted by Gasteiger charge is -2.35. The summed E-state index contributed by atoms with van der Waals surface area (Å²) in [4.78, 5) is 43.9. The van der Waals surface area contributed by atoms with Gasteiger partial charge in [-0.1, -0.05) is 105 Å². The van der Waals surface area contributed by atoms with Gasteiger partial charge in [0.2, 0.25) is 5.91 Å². The van der Waals surface area contributed by atoms with Gasteiger partial charge in [0, 0.05) is 18.7 Å². The summed E-state index contributed by atoms with van der Waals surface area (Å²) in [5, 5.41) is 6.02. The second-order valence-corrected chi connectivity index (χ2v) is 12.8. The molecule has 0 aliphatic rings. The Balaban J connectivity index is 2.09. The number of benzene rings is 3. The topological polar surface area (TPSA) is 87.7 Å². The molecule has 7 nitrogen and oxygen atoms in total.